The third-order valence-corrected chi connectivity index (χ3v) is 4.77. The van der Waals surface area contributed by atoms with Gasteiger partial charge in [-0.3, -0.25) is 19.7 Å². The molecule has 2 amide bonds. The summed E-state index contributed by atoms with van der Waals surface area (Å²) in [4.78, 5) is 34.4. The van der Waals surface area contributed by atoms with Gasteiger partial charge in [-0.1, -0.05) is 52.3 Å². The van der Waals surface area contributed by atoms with Gasteiger partial charge in [0.1, 0.15) is 0 Å². The molecule has 158 valence electrons. The number of fused-ring (bicyclic) bond motifs is 1. The monoisotopic (exact) mass is 484 g/mol. The van der Waals surface area contributed by atoms with Crippen LogP contribution in [0.5, 0.6) is 5.75 Å². The molecule has 0 bridgehead atoms. The van der Waals surface area contributed by atoms with Gasteiger partial charge in [0.15, 0.2) is 0 Å². The number of hydrazone groups is 1. The third kappa shape index (κ3) is 5.64. The Morgan fingerprint density at radius 1 is 1.10 bits per heavy atom. The Morgan fingerprint density at radius 2 is 1.81 bits per heavy atom. The molecule has 3 rings (SSSR count). The molecule has 3 aromatic rings. The summed E-state index contributed by atoms with van der Waals surface area (Å²) < 4.78 is 0.370. The zero-order chi connectivity index (χ0) is 22.4. The fraction of sp³-hybridized carbons (Fsp3) is 0.0952. The van der Waals surface area contributed by atoms with E-state index in [1.165, 1.54) is 6.07 Å². The molecular formula is C21H17BrN4O5. The molecule has 0 unspecified atom stereocenters. The van der Waals surface area contributed by atoms with E-state index in [2.05, 4.69) is 31.8 Å². The minimum Gasteiger partial charge on any atom is -0.502 e. The predicted molar refractivity (Wildman–Crippen MR) is 120 cm³/mol. The smallest absolute Gasteiger partial charge is 0.312 e. The first-order valence-corrected chi connectivity index (χ1v) is 9.91. The van der Waals surface area contributed by atoms with Gasteiger partial charge in [0.25, 0.3) is 0 Å². The van der Waals surface area contributed by atoms with Crippen molar-refractivity contribution in [2.75, 3.05) is 5.32 Å². The number of aromatic hydroxyl groups is 1. The Labute approximate surface area is 185 Å². The molecule has 0 heterocycles. The molecule has 0 spiro atoms. The van der Waals surface area contributed by atoms with Gasteiger partial charge in [0.2, 0.25) is 17.6 Å². The van der Waals surface area contributed by atoms with Crippen molar-refractivity contribution in [1.29, 1.82) is 0 Å². The van der Waals surface area contributed by atoms with E-state index in [-0.39, 0.29) is 24.3 Å². The largest absolute Gasteiger partial charge is 0.502 e. The number of halogens is 1. The van der Waals surface area contributed by atoms with E-state index >= 15 is 0 Å². The Morgan fingerprint density at radius 3 is 2.58 bits per heavy atom. The van der Waals surface area contributed by atoms with Crippen LogP contribution < -0.4 is 10.7 Å². The second-order valence-electron chi connectivity index (χ2n) is 6.49. The first-order valence-electron chi connectivity index (χ1n) is 9.11. The van der Waals surface area contributed by atoms with Gasteiger partial charge in [-0.15, -0.1) is 0 Å². The van der Waals surface area contributed by atoms with E-state index < -0.39 is 22.3 Å². The van der Waals surface area contributed by atoms with Gasteiger partial charge in [-0.05, 0) is 17.5 Å². The van der Waals surface area contributed by atoms with Gasteiger partial charge >= 0.3 is 5.69 Å². The lowest BCUT2D eigenvalue weighted by Crippen LogP contribution is -2.20. The normalized spacial score (nSPS) is 10.9. The lowest BCUT2D eigenvalue weighted by Gasteiger charge is -2.08. The number of hydrogen-bond donors (Lipinski definition) is 3. The summed E-state index contributed by atoms with van der Waals surface area (Å²) >= 11 is 3.11. The number of nitrogens with one attached hydrogen (secondary N) is 2. The number of carbonyl (C=O) groups is 2. The van der Waals surface area contributed by atoms with Crippen LogP contribution in [-0.4, -0.2) is 28.1 Å². The van der Waals surface area contributed by atoms with E-state index in [9.17, 15) is 24.8 Å². The first-order chi connectivity index (χ1) is 14.8. The molecule has 0 atom stereocenters. The molecule has 0 aliphatic carbocycles. The standard InChI is InChI=1S/C21H17BrN4O5/c22-15-10-14(21(29)18(11-15)26(30)31)12-23-25-20(28)9-8-19(27)24-17-7-3-5-13-4-1-2-6-16(13)17/h1-7,10-12,29H,8-9H2,(H,24,27)(H,25,28)/b23-12+. The van der Waals surface area contributed by atoms with Gasteiger partial charge in [-0.25, -0.2) is 5.43 Å². The number of nitro benzene ring substituents is 1. The Bertz CT molecular complexity index is 1190. The molecule has 0 aliphatic rings. The summed E-state index contributed by atoms with van der Waals surface area (Å²) in [5.41, 5.74) is 2.45. The van der Waals surface area contributed by atoms with Crippen LogP contribution in [-0.2, 0) is 9.59 Å². The number of phenols is 1. The molecular weight excluding hydrogens is 468 g/mol. The van der Waals surface area contributed by atoms with Crippen molar-refractivity contribution in [3.05, 3.63) is 74.7 Å². The van der Waals surface area contributed by atoms with Crippen LogP contribution in [0.2, 0.25) is 0 Å². The summed E-state index contributed by atoms with van der Waals surface area (Å²) in [6.07, 6.45) is 0.915. The third-order valence-electron chi connectivity index (χ3n) is 4.32. The SMILES string of the molecule is O=C(CCC(=O)Nc1cccc2ccccc12)N/N=C/c1cc(Br)cc([N+](=O)[O-])c1O. The maximum atomic E-state index is 12.2. The van der Waals surface area contributed by atoms with Gasteiger partial charge in [0, 0.05) is 40.0 Å². The highest BCUT2D eigenvalue weighted by atomic mass is 79.9. The maximum Gasteiger partial charge on any atom is 0.312 e. The van der Waals surface area contributed by atoms with Crippen molar-refractivity contribution in [3.63, 3.8) is 0 Å². The molecule has 3 N–H and O–H groups in total. The molecule has 31 heavy (non-hydrogen) atoms. The van der Waals surface area contributed by atoms with Crippen LogP contribution in [0.15, 0.2) is 64.2 Å². The summed E-state index contributed by atoms with van der Waals surface area (Å²) in [6.45, 7) is 0. The molecule has 0 fully saturated rings. The molecule has 3 aromatic carbocycles. The van der Waals surface area contributed by atoms with Crippen molar-refractivity contribution >= 4 is 56.1 Å². The van der Waals surface area contributed by atoms with E-state index in [0.717, 1.165) is 23.1 Å². The Hall–Kier alpha value is -3.79. The van der Waals surface area contributed by atoms with Crippen molar-refractivity contribution in [2.24, 2.45) is 5.10 Å². The van der Waals surface area contributed by atoms with Crippen molar-refractivity contribution < 1.29 is 19.6 Å². The predicted octanol–water partition coefficient (Wildman–Crippen LogP) is 4.09. The highest BCUT2D eigenvalue weighted by Crippen LogP contribution is 2.32. The number of phenolic OH excluding ortho intramolecular Hbond substituents is 1. The van der Waals surface area contributed by atoms with E-state index in [4.69, 9.17) is 0 Å². The molecule has 0 saturated heterocycles. The Kier molecular flexibility index (Phi) is 6.93. The van der Waals surface area contributed by atoms with E-state index in [0.29, 0.717) is 10.2 Å². The summed E-state index contributed by atoms with van der Waals surface area (Å²) in [5.74, 6) is -1.41. The zero-order valence-electron chi connectivity index (χ0n) is 16.0. The lowest BCUT2D eigenvalue weighted by atomic mass is 10.1. The molecule has 0 aromatic heterocycles. The zero-order valence-corrected chi connectivity index (χ0v) is 17.6. The van der Waals surface area contributed by atoms with Crippen LogP contribution in [0.1, 0.15) is 18.4 Å². The van der Waals surface area contributed by atoms with Gasteiger partial charge in [0.05, 0.1) is 11.1 Å². The number of nitro groups is 1. The van der Waals surface area contributed by atoms with Gasteiger partial charge in [-0.2, -0.15) is 5.10 Å². The van der Waals surface area contributed by atoms with Crippen LogP contribution in [0, 0.1) is 10.1 Å². The number of benzene rings is 3. The average molecular weight is 485 g/mol. The van der Waals surface area contributed by atoms with Crippen molar-refractivity contribution in [3.8, 4) is 5.75 Å². The van der Waals surface area contributed by atoms with Crippen LogP contribution in [0.25, 0.3) is 10.8 Å². The lowest BCUT2D eigenvalue weighted by molar-refractivity contribution is -0.385. The van der Waals surface area contributed by atoms with Crippen LogP contribution >= 0.6 is 15.9 Å². The highest BCUT2D eigenvalue weighted by molar-refractivity contribution is 9.10. The second kappa shape index (κ2) is 9.81. The summed E-state index contributed by atoms with van der Waals surface area (Å²) in [7, 11) is 0. The number of carbonyl (C=O) groups excluding carboxylic acids is 2. The van der Waals surface area contributed by atoms with Crippen LogP contribution in [0.3, 0.4) is 0 Å². The van der Waals surface area contributed by atoms with Gasteiger partial charge < -0.3 is 10.4 Å². The second-order valence-corrected chi connectivity index (χ2v) is 7.40. The minimum absolute atomic E-state index is 0.0510. The number of rotatable bonds is 7. The summed E-state index contributed by atoms with van der Waals surface area (Å²) in [5, 5.41) is 29.2. The molecule has 0 aliphatic heterocycles. The van der Waals surface area contributed by atoms with Crippen molar-refractivity contribution in [2.45, 2.75) is 12.8 Å². The molecule has 0 saturated carbocycles. The number of hydrogen-bond acceptors (Lipinski definition) is 6. The summed E-state index contributed by atoms with van der Waals surface area (Å²) in [6, 6.07) is 15.7. The van der Waals surface area contributed by atoms with Crippen molar-refractivity contribution in [1.82, 2.24) is 5.43 Å². The molecule has 10 heteroatoms. The number of nitrogens with zero attached hydrogens (tertiary/aromatic N) is 2. The first kappa shape index (κ1) is 21.9. The molecule has 9 nitrogen and oxygen atoms in total. The fourth-order valence-electron chi connectivity index (χ4n) is 2.85. The molecule has 0 radical (unpaired) electrons. The van der Waals surface area contributed by atoms with E-state index in [1.807, 2.05) is 36.4 Å². The fourth-order valence-corrected chi connectivity index (χ4v) is 3.31. The quantitative estimate of drug-likeness (QED) is 0.263. The maximum absolute atomic E-state index is 12.2. The number of anilines is 1. The Balaban J connectivity index is 1.55. The van der Waals surface area contributed by atoms with E-state index in [1.54, 1.807) is 6.07 Å². The van der Waals surface area contributed by atoms with Crippen LogP contribution in [0.4, 0.5) is 11.4 Å². The topological polar surface area (TPSA) is 134 Å². The average Bonchev–Trinajstić information content (AvgIpc) is 2.74. The highest BCUT2D eigenvalue weighted by Gasteiger charge is 2.17. The number of amides is 2. The minimum atomic E-state index is -0.732.